The number of para-hydroxylation sites is 2. The van der Waals surface area contributed by atoms with Gasteiger partial charge in [0.1, 0.15) is 6.54 Å². The number of carbonyl (C=O) groups excluding carboxylic acids is 1. The molecule has 0 fully saturated rings. The van der Waals surface area contributed by atoms with Crippen molar-refractivity contribution in [2.24, 2.45) is 0 Å². The van der Waals surface area contributed by atoms with E-state index < -0.39 is 5.76 Å². The third-order valence-corrected chi connectivity index (χ3v) is 4.99. The summed E-state index contributed by atoms with van der Waals surface area (Å²) in [6.07, 6.45) is 0. The predicted octanol–water partition coefficient (Wildman–Crippen LogP) is 3.32. The minimum Gasteiger partial charge on any atom is -0.408 e. The van der Waals surface area contributed by atoms with Crippen LogP contribution in [0, 0.1) is 20.8 Å². The number of fused-ring (bicyclic) bond motifs is 2. The molecule has 0 aliphatic heterocycles. The van der Waals surface area contributed by atoms with Crippen LogP contribution in [-0.2, 0) is 17.9 Å². The minimum absolute atomic E-state index is 0.0758. The second-order valence-corrected chi connectivity index (χ2v) is 6.92. The first-order valence-corrected chi connectivity index (χ1v) is 8.87. The van der Waals surface area contributed by atoms with Gasteiger partial charge >= 0.3 is 5.76 Å². The number of aryl methyl sites for hydroxylation is 3. The molecule has 0 atom stereocenters. The molecule has 1 amide bonds. The Morgan fingerprint density at radius 3 is 2.78 bits per heavy atom. The van der Waals surface area contributed by atoms with Crippen molar-refractivity contribution in [3.05, 3.63) is 69.3 Å². The Bertz CT molecular complexity index is 1230. The quantitative estimate of drug-likeness (QED) is 0.584. The number of nitrogens with zero attached hydrogens (tertiary/aromatic N) is 1. The number of rotatable bonds is 4. The fourth-order valence-corrected chi connectivity index (χ4v) is 3.48. The van der Waals surface area contributed by atoms with Crippen LogP contribution < -0.4 is 11.1 Å². The van der Waals surface area contributed by atoms with Crippen molar-refractivity contribution in [1.29, 1.82) is 0 Å². The van der Waals surface area contributed by atoms with Crippen molar-refractivity contribution in [2.75, 3.05) is 0 Å². The molecule has 2 N–H and O–H groups in total. The number of oxazole rings is 1. The lowest BCUT2D eigenvalue weighted by atomic mass is 10.0. The standard InChI is InChI=1S/C21H21N3O3/c1-12-8-15(20-16(9-12)13(2)14(3)23-20)10-22-19(25)11-24-17-6-4-5-7-18(17)27-21(24)26/h4-9,23H,10-11H2,1-3H3,(H,22,25). The van der Waals surface area contributed by atoms with Gasteiger partial charge in [-0.05, 0) is 50.1 Å². The average Bonchev–Trinajstić information content (AvgIpc) is 3.10. The van der Waals surface area contributed by atoms with Gasteiger partial charge in [-0.25, -0.2) is 4.79 Å². The molecule has 2 aromatic carbocycles. The second-order valence-electron chi connectivity index (χ2n) is 6.92. The predicted molar refractivity (Wildman–Crippen MR) is 105 cm³/mol. The zero-order chi connectivity index (χ0) is 19.1. The highest BCUT2D eigenvalue weighted by Crippen LogP contribution is 2.26. The zero-order valence-electron chi connectivity index (χ0n) is 15.6. The Labute approximate surface area is 155 Å². The van der Waals surface area contributed by atoms with E-state index in [9.17, 15) is 9.59 Å². The van der Waals surface area contributed by atoms with Gasteiger partial charge < -0.3 is 14.7 Å². The molecule has 0 aliphatic rings. The van der Waals surface area contributed by atoms with Crippen molar-refractivity contribution in [1.82, 2.24) is 14.9 Å². The van der Waals surface area contributed by atoms with Crippen LogP contribution in [0.4, 0.5) is 0 Å². The molecule has 138 valence electrons. The van der Waals surface area contributed by atoms with Gasteiger partial charge in [0, 0.05) is 17.6 Å². The van der Waals surface area contributed by atoms with Crippen LogP contribution in [0.5, 0.6) is 0 Å². The van der Waals surface area contributed by atoms with Crippen LogP contribution >= 0.6 is 0 Å². The van der Waals surface area contributed by atoms with Gasteiger partial charge in [-0.15, -0.1) is 0 Å². The summed E-state index contributed by atoms with van der Waals surface area (Å²) < 4.78 is 6.52. The van der Waals surface area contributed by atoms with Gasteiger partial charge in [0.05, 0.1) is 11.0 Å². The molecule has 0 bridgehead atoms. The highest BCUT2D eigenvalue weighted by Gasteiger charge is 2.14. The van der Waals surface area contributed by atoms with E-state index in [1.165, 1.54) is 15.5 Å². The third-order valence-electron chi connectivity index (χ3n) is 4.99. The summed E-state index contributed by atoms with van der Waals surface area (Å²) in [5.74, 6) is -0.766. The number of aromatic nitrogens is 2. The van der Waals surface area contributed by atoms with Crippen LogP contribution in [-0.4, -0.2) is 15.5 Å². The summed E-state index contributed by atoms with van der Waals surface area (Å²) in [6, 6.07) is 11.3. The van der Waals surface area contributed by atoms with Gasteiger partial charge in [-0.3, -0.25) is 9.36 Å². The molecule has 4 rings (SSSR count). The van der Waals surface area contributed by atoms with E-state index in [1.54, 1.807) is 18.2 Å². The van der Waals surface area contributed by atoms with Crippen molar-refractivity contribution in [3.8, 4) is 0 Å². The van der Waals surface area contributed by atoms with Gasteiger partial charge in [0.2, 0.25) is 5.91 Å². The summed E-state index contributed by atoms with van der Waals surface area (Å²) in [6.45, 7) is 6.49. The largest absolute Gasteiger partial charge is 0.420 e. The molecule has 27 heavy (non-hydrogen) atoms. The average molecular weight is 363 g/mol. The van der Waals surface area contributed by atoms with Gasteiger partial charge in [0.25, 0.3) is 0 Å². The van der Waals surface area contributed by atoms with E-state index in [0.29, 0.717) is 17.6 Å². The Hall–Kier alpha value is -3.28. The minimum atomic E-state index is -0.528. The monoisotopic (exact) mass is 363 g/mol. The van der Waals surface area contributed by atoms with Crippen molar-refractivity contribution < 1.29 is 9.21 Å². The maximum atomic E-state index is 12.5. The number of carbonyl (C=O) groups is 1. The molecule has 6 heteroatoms. The fourth-order valence-electron chi connectivity index (χ4n) is 3.48. The van der Waals surface area contributed by atoms with Crippen LogP contribution in [0.25, 0.3) is 22.0 Å². The molecular formula is C21H21N3O3. The maximum absolute atomic E-state index is 12.5. The third kappa shape index (κ3) is 3.03. The second kappa shape index (κ2) is 6.46. The maximum Gasteiger partial charge on any atom is 0.420 e. The van der Waals surface area contributed by atoms with Crippen molar-refractivity contribution in [3.63, 3.8) is 0 Å². The Balaban J connectivity index is 1.56. The highest BCUT2D eigenvalue weighted by atomic mass is 16.4. The lowest BCUT2D eigenvalue weighted by Gasteiger charge is -2.08. The topological polar surface area (TPSA) is 80.0 Å². The molecule has 4 aromatic rings. The number of hydrogen-bond donors (Lipinski definition) is 2. The number of hydrogen-bond acceptors (Lipinski definition) is 3. The SMILES string of the molecule is Cc1cc(CNC(=O)Cn2c(=O)oc3ccccc32)c2[nH]c(C)c(C)c2c1. The molecule has 0 saturated heterocycles. The fraction of sp³-hybridized carbons (Fsp3) is 0.238. The first-order chi connectivity index (χ1) is 12.9. The molecule has 0 aliphatic carbocycles. The summed E-state index contributed by atoms with van der Waals surface area (Å²) in [4.78, 5) is 27.9. The van der Waals surface area contributed by atoms with Crippen molar-refractivity contribution in [2.45, 2.75) is 33.9 Å². The molecular weight excluding hydrogens is 342 g/mol. The van der Waals surface area contributed by atoms with E-state index in [4.69, 9.17) is 4.42 Å². The molecule has 2 heterocycles. The van der Waals surface area contributed by atoms with Crippen LogP contribution in [0.3, 0.4) is 0 Å². The van der Waals surface area contributed by atoms with Crippen LogP contribution in [0.1, 0.15) is 22.4 Å². The Kier molecular flexibility index (Phi) is 4.11. The Morgan fingerprint density at radius 2 is 1.96 bits per heavy atom. The van der Waals surface area contributed by atoms with E-state index >= 15 is 0 Å². The first-order valence-electron chi connectivity index (χ1n) is 8.87. The summed E-state index contributed by atoms with van der Waals surface area (Å²) in [5, 5.41) is 4.09. The van der Waals surface area contributed by atoms with E-state index in [0.717, 1.165) is 22.3 Å². The van der Waals surface area contributed by atoms with Crippen molar-refractivity contribution >= 4 is 27.9 Å². The smallest absolute Gasteiger partial charge is 0.408 e. The number of H-pyrrole nitrogens is 1. The van der Waals surface area contributed by atoms with E-state index in [2.05, 4.69) is 29.4 Å². The van der Waals surface area contributed by atoms with Crippen LogP contribution in [0.2, 0.25) is 0 Å². The lowest BCUT2D eigenvalue weighted by molar-refractivity contribution is -0.121. The summed E-state index contributed by atoms with van der Waals surface area (Å²) in [5.41, 5.74) is 6.66. The summed E-state index contributed by atoms with van der Waals surface area (Å²) in [7, 11) is 0. The van der Waals surface area contributed by atoms with Gasteiger partial charge in [-0.1, -0.05) is 23.8 Å². The number of benzene rings is 2. The molecule has 0 saturated carbocycles. The van der Waals surface area contributed by atoms with Crippen LogP contribution in [0.15, 0.2) is 45.6 Å². The number of aromatic amines is 1. The van der Waals surface area contributed by atoms with Gasteiger partial charge in [0.15, 0.2) is 5.58 Å². The Morgan fingerprint density at radius 1 is 1.19 bits per heavy atom. The number of amides is 1. The lowest BCUT2D eigenvalue weighted by Crippen LogP contribution is -2.30. The highest BCUT2D eigenvalue weighted by molar-refractivity contribution is 5.88. The first kappa shape index (κ1) is 17.1. The molecule has 6 nitrogen and oxygen atoms in total. The van der Waals surface area contributed by atoms with E-state index in [-0.39, 0.29) is 12.5 Å². The molecule has 0 radical (unpaired) electrons. The summed E-state index contributed by atoms with van der Waals surface area (Å²) >= 11 is 0. The molecule has 2 aromatic heterocycles. The van der Waals surface area contributed by atoms with Gasteiger partial charge in [-0.2, -0.15) is 0 Å². The normalized spacial score (nSPS) is 11.4. The zero-order valence-corrected chi connectivity index (χ0v) is 15.6. The van der Waals surface area contributed by atoms with E-state index in [1.807, 2.05) is 19.9 Å². The molecule has 0 unspecified atom stereocenters. The molecule has 0 spiro atoms. The number of nitrogens with one attached hydrogen (secondary N) is 2.